The SMILES string of the molecule is Cc1ccc(-c2csc(/C=C/c3cc(Br)cs3)n2)cc1. The average molecular weight is 362 g/mol. The third kappa shape index (κ3) is 3.26. The van der Waals surface area contributed by atoms with Crippen LogP contribution in [-0.4, -0.2) is 4.98 Å². The van der Waals surface area contributed by atoms with Crippen molar-refractivity contribution in [2.75, 3.05) is 0 Å². The minimum Gasteiger partial charge on any atom is -0.237 e. The number of hydrogen-bond acceptors (Lipinski definition) is 3. The molecule has 100 valence electrons. The molecule has 1 nitrogen and oxygen atoms in total. The van der Waals surface area contributed by atoms with Crippen molar-refractivity contribution in [2.24, 2.45) is 0 Å². The predicted molar refractivity (Wildman–Crippen MR) is 93.2 cm³/mol. The zero-order valence-electron chi connectivity index (χ0n) is 10.8. The maximum atomic E-state index is 4.66. The van der Waals surface area contributed by atoms with Crippen molar-refractivity contribution in [3.63, 3.8) is 0 Å². The van der Waals surface area contributed by atoms with Crippen LogP contribution in [0.1, 0.15) is 15.4 Å². The normalized spacial score (nSPS) is 11.3. The molecule has 0 unspecified atom stereocenters. The number of nitrogens with zero attached hydrogens (tertiary/aromatic N) is 1. The number of hydrogen-bond donors (Lipinski definition) is 0. The van der Waals surface area contributed by atoms with Crippen LogP contribution in [0.25, 0.3) is 23.4 Å². The molecule has 0 bridgehead atoms. The van der Waals surface area contributed by atoms with Crippen LogP contribution in [0, 0.1) is 6.92 Å². The average Bonchev–Trinajstić information content (AvgIpc) is 3.06. The van der Waals surface area contributed by atoms with Crippen LogP contribution in [0.15, 0.2) is 45.6 Å². The van der Waals surface area contributed by atoms with E-state index in [1.807, 2.05) is 0 Å². The highest BCUT2D eigenvalue weighted by Gasteiger charge is 2.02. The number of benzene rings is 1. The highest BCUT2D eigenvalue weighted by molar-refractivity contribution is 9.10. The highest BCUT2D eigenvalue weighted by atomic mass is 79.9. The van der Waals surface area contributed by atoms with Crippen molar-refractivity contribution in [1.82, 2.24) is 4.98 Å². The van der Waals surface area contributed by atoms with E-state index in [1.54, 1.807) is 22.7 Å². The topological polar surface area (TPSA) is 12.9 Å². The van der Waals surface area contributed by atoms with Gasteiger partial charge in [0.05, 0.1) is 5.69 Å². The fourth-order valence-electron chi connectivity index (χ4n) is 1.79. The Morgan fingerprint density at radius 2 is 1.85 bits per heavy atom. The van der Waals surface area contributed by atoms with Gasteiger partial charge in [0.2, 0.25) is 0 Å². The van der Waals surface area contributed by atoms with Crippen molar-refractivity contribution in [3.8, 4) is 11.3 Å². The van der Waals surface area contributed by atoms with Crippen LogP contribution in [0.2, 0.25) is 0 Å². The number of halogens is 1. The molecular formula is C16H12BrNS2. The van der Waals surface area contributed by atoms with Gasteiger partial charge in [0.15, 0.2) is 0 Å². The van der Waals surface area contributed by atoms with Gasteiger partial charge < -0.3 is 0 Å². The molecule has 0 aliphatic carbocycles. The molecule has 0 amide bonds. The fourth-order valence-corrected chi connectivity index (χ4v) is 3.85. The second-order valence-corrected chi connectivity index (χ2v) is 7.19. The lowest BCUT2D eigenvalue weighted by Gasteiger charge is -1.96. The van der Waals surface area contributed by atoms with E-state index in [1.165, 1.54) is 16.0 Å². The first-order valence-electron chi connectivity index (χ1n) is 6.15. The summed E-state index contributed by atoms with van der Waals surface area (Å²) >= 11 is 6.85. The molecule has 3 aromatic rings. The summed E-state index contributed by atoms with van der Waals surface area (Å²) in [6, 6.07) is 10.6. The van der Waals surface area contributed by atoms with Crippen LogP contribution in [0.5, 0.6) is 0 Å². The van der Waals surface area contributed by atoms with Crippen molar-refractivity contribution in [2.45, 2.75) is 6.92 Å². The summed E-state index contributed by atoms with van der Waals surface area (Å²) < 4.78 is 1.13. The molecule has 0 saturated heterocycles. The molecule has 0 atom stereocenters. The lowest BCUT2D eigenvalue weighted by atomic mass is 10.1. The van der Waals surface area contributed by atoms with E-state index in [0.29, 0.717) is 0 Å². The number of aromatic nitrogens is 1. The Hall–Kier alpha value is -1.23. The van der Waals surface area contributed by atoms with Crippen LogP contribution in [0.4, 0.5) is 0 Å². The van der Waals surface area contributed by atoms with Crippen molar-refractivity contribution in [3.05, 3.63) is 61.0 Å². The van der Waals surface area contributed by atoms with Crippen LogP contribution in [0.3, 0.4) is 0 Å². The fraction of sp³-hybridized carbons (Fsp3) is 0.0625. The van der Waals surface area contributed by atoms with E-state index < -0.39 is 0 Å². The van der Waals surface area contributed by atoms with Crippen molar-refractivity contribution in [1.29, 1.82) is 0 Å². The van der Waals surface area contributed by atoms with Gasteiger partial charge in [-0.3, -0.25) is 0 Å². The van der Waals surface area contributed by atoms with Gasteiger partial charge in [-0.05, 0) is 41.1 Å². The summed E-state index contributed by atoms with van der Waals surface area (Å²) in [5.41, 5.74) is 3.49. The van der Waals surface area contributed by atoms with Gasteiger partial charge in [0, 0.05) is 25.7 Å². The monoisotopic (exact) mass is 361 g/mol. The number of thiophene rings is 1. The minimum atomic E-state index is 1.03. The maximum Gasteiger partial charge on any atom is 0.116 e. The molecule has 2 aromatic heterocycles. The summed E-state index contributed by atoms with van der Waals surface area (Å²) in [7, 11) is 0. The molecular weight excluding hydrogens is 350 g/mol. The molecule has 0 radical (unpaired) electrons. The molecule has 4 heteroatoms. The Morgan fingerprint density at radius 1 is 1.05 bits per heavy atom. The quantitative estimate of drug-likeness (QED) is 0.548. The first-order chi connectivity index (χ1) is 9.70. The Balaban J connectivity index is 1.80. The largest absolute Gasteiger partial charge is 0.237 e. The zero-order chi connectivity index (χ0) is 13.9. The first-order valence-corrected chi connectivity index (χ1v) is 8.70. The maximum absolute atomic E-state index is 4.66. The molecule has 20 heavy (non-hydrogen) atoms. The molecule has 0 aliphatic rings. The summed E-state index contributed by atoms with van der Waals surface area (Å²) in [6.07, 6.45) is 4.17. The van der Waals surface area contributed by atoms with Gasteiger partial charge in [-0.1, -0.05) is 29.8 Å². The summed E-state index contributed by atoms with van der Waals surface area (Å²) in [5.74, 6) is 0. The van der Waals surface area contributed by atoms with Gasteiger partial charge >= 0.3 is 0 Å². The molecule has 2 heterocycles. The molecule has 0 aliphatic heterocycles. The van der Waals surface area contributed by atoms with Gasteiger partial charge in [-0.25, -0.2) is 4.98 Å². The van der Waals surface area contributed by atoms with Gasteiger partial charge in [0.25, 0.3) is 0 Å². The smallest absolute Gasteiger partial charge is 0.116 e. The molecule has 0 fully saturated rings. The van der Waals surface area contributed by atoms with E-state index in [2.05, 4.69) is 81.1 Å². The van der Waals surface area contributed by atoms with E-state index in [9.17, 15) is 0 Å². The summed E-state index contributed by atoms with van der Waals surface area (Å²) in [4.78, 5) is 5.88. The van der Waals surface area contributed by atoms with Gasteiger partial charge in [0.1, 0.15) is 5.01 Å². The Morgan fingerprint density at radius 3 is 2.55 bits per heavy atom. The number of rotatable bonds is 3. The second kappa shape index (κ2) is 6.04. The van der Waals surface area contributed by atoms with Crippen LogP contribution < -0.4 is 0 Å². The van der Waals surface area contributed by atoms with E-state index in [4.69, 9.17) is 0 Å². The van der Waals surface area contributed by atoms with E-state index in [0.717, 1.165) is 15.2 Å². The number of aryl methyl sites for hydroxylation is 1. The standard InChI is InChI=1S/C16H12BrNS2/c1-11-2-4-12(5-3-11)15-10-20-16(18-15)7-6-14-8-13(17)9-19-14/h2-10H,1H3/b7-6+. The number of thiazole rings is 1. The van der Waals surface area contributed by atoms with Gasteiger partial charge in [-0.2, -0.15) is 0 Å². The van der Waals surface area contributed by atoms with Crippen LogP contribution in [-0.2, 0) is 0 Å². The molecule has 3 rings (SSSR count). The van der Waals surface area contributed by atoms with Crippen molar-refractivity contribution >= 4 is 50.8 Å². The third-order valence-electron chi connectivity index (χ3n) is 2.85. The lowest BCUT2D eigenvalue weighted by Crippen LogP contribution is -1.78. The first kappa shape index (κ1) is 13.7. The van der Waals surface area contributed by atoms with E-state index >= 15 is 0 Å². The third-order valence-corrected chi connectivity index (χ3v) is 5.32. The summed E-state index contributed by atoms with van der Waals surface area (Å²) in [6.45, 7) is 2.10. The molecule has 1 aromatic carbocycles. The summed E-state index contributed by atoms with van der Waals surface area (Å²) in [5, 5.41) is 5.22. The van der Waals surface area contributed by atoms with Gasteiger partial charge in [-0.15, -0.1) is 22.7 Å². The molecule has 0 spiro atoms. The minimum absolute atomic E-state index is 1.03. The molecule has 0 saturated carbocycles. The highest BCUT2D eigenvalue weighted by Crippen LogP contribution is 2.25. The molecule has 0 N–H and O–H groups in total. The zero-order valence-corrected chi connectivity index (χ0v) is 14.1. The Kier molecular flexibility index (Phi) is 4.15. The van der Waals surface area contributed by atoms with Crippen molar-refractivity contribution < 1.29 is 0 Å². The van der Waals surface area contributed by atoms with Crippen LogP contribution >= 0.6 is 38.6 Å². The second-order valence-electron chi connectivity index (χ2n) is 4.44. The lowest BCUT2D eigenvalue weighted by molar-refractivity contribution is 1.37. The predicted octanol–water partition coefficient (Wildman–Crippen LogP) is 6.11. The Bertz CT molecular complexity index is 738. The Labute approximate surface area is 134 Å². The van der Waals surface area contributed by atoms with E-state index in [-0.39, 0.29) is 0 Å².